The van der Waals surface area contributed by atoms with Crippen molar-refractivity contribution in [1.29, 1.82) is 0 Å². The van der Waals surface area contributed by atoms with Gasteiger partial charge in [-0.3, -0.25) is 9.59 Å². The first-order valence-electron chi connectivity index (χ1n) is 8.82. The number of amides is 2. The van der Waals surface area contributed by atoms with Crippen LogP contribution in [0.3, 0.4) is 0 Å². The summed E-state index contributed by atoms with van der Waals surface area (Å²) >= 11 is 0. The molecule has 3 rings (SSSR count). The number of nitrogens with zero attached hydrogens (tertiary/aromatic N) is 1. The maximum Gasteiger partial charge on any atom is 0.224 e. The lowest BCUT2D eigenvalue weighted by atomic mass is 9.89. The molecule has 4 heteroatoms. The first kappa shape index (κ1) is 16.0. The van der Waals surface area contributed by atoms with Gasteiger partial charge in [0.05, 0.1) is 12.5 Å². The van der Waals surface area contributed by atoms with E-state index in [1.807, 2.05) is 35.2 Å². The van der Waals surface area contributed by atoms with Gasteiger partial charge < -0.3 is 10.2 Å². The molecule has 23 heavy (non-hydrogen) atoms. The van der Waals surface area contributed by atoms with Gasteiger partial charge in [-0.2, -0.15) is 0 Å². The van der Waals surface area contributed by atoms with Crippen LogP contribution in [0.2, 0.25) is 0 Å². The molecule has 0 aromatic heterocycles. The predicted octanol–water partition coefficient (Wildman–Crippen LogP) is 2.53. The van der Waals surface area contributed by atoms with Gasteiger partial charge in [-0.1, -0.05) is 49.6 Å². The molecule has 1 aliphatic carbocycles. The Labute approximate surface area is 138 Å². The molecule has 124 valence electrons. The van der Waals surface area contributed by atoms with Gasteiger partial charge in [0, 0.05) is 19.5 Å². The number of likely N-dealkylation sites (tertiary alicyclic amines) is 1. The van der Waals surface area contributed by atoms with Gasteiger partial charge in [0.1, 0.15) is 0 Å². The molecule has 2 aliphatic rings. The van der Waals surface area contributed by atoms with Crippen molar-refractivity contribution in [2.45, 2.75) is 51.0 Å². The van der Waals surface area contributed by atoms with Gasteiger partial charge >= 0.3 is 0 Å². The van der Waals surface area contributed by atoms with E-state index in [-0.39, 0.29) is 17.9 Å². The first-order valence-corrected chi connectivity index (χ1v) is 8.82. The second-order valence-corrected chi connectivity index (χ2v) is 6.93. The topological polar surface area (TPSA) is 49.4 Å². The van der Waals surface area contributed by atoms with Gasteiger partial charge in [-0.15, -0.1) is 0 Å². The van der Waals surface area contributed by atoms with Crippen molar-refractivity contribution in [3.8, 4) is 0 Å². The molecule has 2 amide bonds. The highest BCUT2D eigenvalue weighted by Gasteiger charge is 2.32. The summed E-state index contributed by atoms with van der Waals surface area (Å²) in [6, 6.07) is 9.70. The van der Waals surface area contributed by atoms with Gasteiger partial charge in [0.25, 0.3) is 0 Å². The number of hydrogen-bond acceptors (Lipinski definition) is 2. The van der Waals surface area contributed by atoms with Crippen molar-refractivity contribution in [3.05, 3.63) is 35.9 Å². The Bertz CT molecular complexity index is 538. The average Bonchev–Trinajstić information content (AvgIpc) is 2.88. The van der Waals surface area contributed by atoms with E-state index in [1.165, 1.54) is 32.1 Å². The quantitative estimate of drug-likeness (QED) is 0.908. The van der Waals surface area contributed by atoms with Crippen molar-refractivity contribution < 1.29 is 9.59 Å². The van der Waals surface area contributed by atoms with Crippen LogP contribution in [0.4, 0.5) is 0 Å². The molecular weight excluding hydrogens is 288 g/mol. The van der Waals surface area contributed by atoms with Crippen molar-refractivity contribution >= 4 is 11.8 Å². The van der Waals surface area contributed by atoms with Crippen LogP contribution in [0.1, 0.15) is 44.1 Å². The molecule has 0 unspecified atom stereocenters. The van der Waals surface area contributed by atoms with Crippen molar-refractivity contribution in [2.75, 3.05) is 13.1 Å². The van der Waals surface area contributed by atoms with Crippen molar-refractivity contribution in [2.24, 2.45) is 5.92 Å². The number of nitrogens with one attached hydrogen (secondary N) is 1. The number of hydrogen-bond donors (Lipinski definition) is 1. The third-order valence-electron chi connectivity index (χ3n) is 4.99. The predicted molar refractivity (Wildman–Crippen MR) is 89.8 cm³/mol. The number of rotatable bonds is 5. The lowest BCUT2D eigenvalue weighted by molar-refractivity contribution is -0.128. The Morgan fingerprint density at radius 3 is 2.61 bits per heavy atom. The molecule has 1 saturated carbocycles. The Morgan fingerprint density at radius 1 is 1.13 bits per heavy atom. The minimum atomic E-state index is -0.0256. The Hall–Kier alpha value is -1.84. The van der Waals surface area contributed by atoms with E-state index in [0.717, 1.165) is 12.1 Å². The van der Waals surface area contributed by atoms with E-state index in [0.29, 0.717) is 25.3 Å². The van der Waals surface area contributed by atoms with Crippen LogP contribution in [-0.2, 0) is 16.0 Å². The monoisotopic (exact) mass is 314 g/mol. The molecule has 1 aliphatic heterocycles. The zero-order valence-electron chi connectivity index (χ0n) is 13.7. The van der Waals surface area contributed by atoms with E-state index < -0.39 is 0 Å². The molecule has 0 spiro atoms. The molecule has 0 radical (unpaired) electrons. The Kier molecular flexibility index (Phi) is 5.31. The summed E-state index contributed by atoms with van der Waals surface area (Å²) in [7, 11) is 0. The molecule has 1 N–H and O–H groups in total. The largest absolute Gasteiger partial charge is 0.351 e. The van der Waals surface area contributed by atoms with Crippen LogP contribution >= 0.6 is 0 Å². The van der Waals surface area contributed by atoms with Crippen LogP contribution in [0, 0.1) is 5.92 Å². The second-order valence-electron chi connectivity index (χ2n) is 6.93. The van der Waals surface area contributed by atoms with E-state index in [1.54, 1.807) is 0 Å². The summed E-state index contributed by atoms with van der Waals surface area (Å²) < 4.78 is 0. The molecule has 1 aromatic rings. The van der Waals surface area contributed by atoms with Gasteiger partial charge in [0.15, 0.2) is 0 Å². The van der Waals surface area contributed by atoms with Crippen LogP contribution < -0.4 is 5.32 Å². The zero-order chi connectivity index (χ0) is 16.1. The molecule has 1 aromatic carbocycles. The van der Waals surface area contributed by atoms with Crippen LogP contribution in [-0.4, -0.2) is 35.8 Å². The SMILES string of the molecule is O=C(Cc1ccccc1)N[C@H]1CC(=O)N(CC2CCCCC2)C1. The van der Waals surface area contributed by atoms with Gasteiger partial charge in [-0.05, 0) is 24.3 Å². The van der Waals surface area contributed by atoms with Crippen molar-refractivity contribution in [3.63, 3.8) is 0 Å². The maximum atomic E-state index is 12.2. The van der Waals surface area contributed by atoms with Crippen LogP contribution in [0.15, 0.2) is 30.3 Å². The minimum Gasteiger partial charge on any atom is -0.351 e. The van der Waals surface area contributed by atoms with E-state index in [9.17, 15) is 9.59 Å². The molecular formula is C19H26N2O2. The van der Waals surface area contributed by atoms with E-state index in [4.69, 9.17) is 0 Å². The standard InChI is InChI=1S/C19H26N2O2/c22-18(11-15-7-3-1-4-8-15)20-17-12-19(23)21(14-17)13-16-9-5-2-6-10-16/h1,3-4,7-8,16-17H,2,5-6,9-14H2,(H,20,22)/t17-/m0/s1. The zero-order valence-corrected chi connectivity index (χ0v) is 13.7. The summed E-state index contributed by atoms with van der Waals surface area (Å²) in [6.45, 7) is 1.56. The summed E-state index contributed by atoms with van der Waals surface area (Å²) in [5.41, 5.74) is 1.01. The highest BCUT2D eigenvalue weighted by molar-refractivity contribution is 5.83. The lowest BCUT2D eigenvalue weighted by Crippen LogP contribution is -2.39. The maximum absolute atomic E-state index is 12.2. The third-order valence-corrected chi connectivity index (χ3v) is 4.99. The lowest BCUT2D eigenvalue weighted by Gasteiger charge is -2.27. The van der Waals surface area contributed by atoms with E-state index in [2.05, 4.69) is 5.32 Å². The average molecular weight is 314 g/mol. The van der Waals surface area contributed by atoms with Gasteiger partial charge in [0.2, 0.25) is 11.8 Å². The highest BCUT2D eigenvalue weighted by atomic mass is 16.2. The Morgan fingerprint density at radius 2 is 1.87 bits per heavy atom. The molecule has 2 fully saturated rings. The molecule has 4 nitrogen and oxygen atoms in total. The molecule has 0 bridgehead atoms. The fourth-order valence-electron chi connectivity index (χ4n) is 3.79. The summed E-state index contributed by atoms with van der Waals surface area (Å²) in [4.78, 5) is 26.3. The smallest absolute Gasteiger partial charge is 0.224 e. The molecule has 1 heterocycles. The summed E-state index contributed by atoms with van der Waals surface area (Å²) in [5, 5.41) is 3.02. The normalized spacial score (nSPS) is 22.3. The highest BCUT2D eigenvalue weighted by Crippen LogP contribution is 2.26. The van der Waals surface area contributed by atoms with Crippen molar-refractivity contribution in [1.82, 2.24) is 10.2 Å². The van der Waals surface area contributed by atoms with Gasteiger partial charge in [-0.25, -0.2) is 0 Å². The van der Waals surface area contributed by atoms with E-state index >= 15 is 0 Å². The van der Waals surface area contributed by atoms with Crippen LogP contribution in [0.5, 0.6) is 0 Å². The second kappa shape index (κ2) is 7.62. The summed E-state index contributed by atoms with van der Waals surface area (Å²) in [6.07, 6.45) is 7.25. The minimum absolute atomic E-state index is 0.00789. The number of benzene rings is 1. The number of carbonyl (C=O) groups is 2. The fraction of sp³-hybridized carbons (Fsp3) is 0.579. The number of carbonyl (C=O) groups excluding carboxylic acids is 2. The van der Waals surface area contributed by atoms with Crippen LogP contribution in [0.25, 0.3) is 0 Å². The molecule has 1 saturated heterocycles. The summed E-state index contributed by atoms with van der Waals surface area (Å²) in [5.74, 6) is 0.862. The molecule has 1 atom stereocenters. The fourth-order valence-corrected chi connectivity index (χ4v) is 3.79. The Balaban J connectivity index is 1.46. The first-order chi connectivity index (χ1) is 11.2. The third kappa shape index (κ3) is 4.57.